The van der Waals surface area contributed by atoms with Gasteiger partial charge in [-0.2, -0.15) is 0 Å². The molecule has 2 aromatic carbocycles. The van der Waals surface area contributed by atoms with Crippen molar-refractivity contribution in [3.8, 4) is 11.5 Å². The van der Waals surface area contributed by atoms with Crippen molar-refractivity contribution in [3.63, 3.8) is 0 Å². The number of methoxy groups -OCH3 is 1. The molecule has 4 rings (SSSR count). The van der Waals surface area contributed by atoms with Crippen molar-refractivity contribution in [1.82, 2.24) is 4.90 Å². The number of ether oxygens (including phenoxy) is 1. The lowest BCUT2D eigenvalue weighted by molar-refractivity contribution is -0.915. The molecule has 2 N–H and O–H groups in total. The molecule has 0 aromatic heterocycles. The molecule has 152 valence electrons. The number of nitrogens with one attached hydrogen (secondary N) is 1. The molecule has 2 aliphatic rings. The Morgan fingerprint density at radius 2 is 1.76 bits per heavy atom. The number of rotatable bonds is 5. The van der Waals surface area contributed by atoms with Crippen LogP contribution in [0, 0.1) is 0 Å². The highest BCUT2D eigenvalue weighted by Crippen LogP contribution is 2.26. The zero-order valence-corrected chi connectivity index (χ0v) is 16.5. The first kappa shape index (κ1) is 19.3. The van der Waals surface area contributed by atoms with Gasteiger partial charge in [0.2, 0.25) is 5.91 Å². The van der Waals surface area contributed by atoms with Crippen LogP contribution < -0.4 is 14.5 Å². The summed E-state index contributed by atoms with van der Waals surface area (Å²) in [6.07, 6.45) is 0.265. The van der Waals surface area contributed by atoms with Gasteiger partial charge >= 0.3 is 0 Å². The van der Waals surface area contributed by atoms with Crippen LogP contribution in [-0.4, -0.2) is 61.2 Å². The number of piperazine rings is 1. The van der Waals surface area contributed by atoms with E-state index in [1.54, 1.807) is 19.2 Å². The van der Waals surface area contributed by atoms with Gasteiger partial charge in [0, 0.05) is 0 Å². The molecule has 2 heterocycles. The second-order valence-corrected chi connectivity index (χ2v) is 7.56. The average molecular weight is 396 g/mol. The van der Waals surface area contributed by atoms with Gasteiger partial charge in [-0.25, -0.2) is 0 Å². The second-order valence-electron chi connectivity index (χ2n) is 7.56. The largest absolute Gasteiger partial charge is 0.506 e. The summed E-state index contributed by atoms with van der Waals surface area (Å²) in [4.78, 5) is 30.1. The van der Waals surface area contributed by atoms with Gasteiger partial charge in [0.25, 0.3) is 5.91 Å². The number of quaternary nitrogens is 1. The Kier molecular flexibility index (Phi) is 5.40. The molecule has 0 spiro atoms. The maximum atomic E-state index is 13.0. The first-order valence-electron chi connectivity index (χ1n) is 9.91. The maximum Gasteiger partial charge on any atom is 0.288 e. The van der Waals surface area contributed by atoms with Gasteiger partial charge in [-0.1, -0.05) is 24.3 Å². The number of likely N-dealkylation sites (tertiary alicyclic amines) is 1. The van der Waals surface area contributed by atoms with Crippen molar-refractivity contribution in [3.05, 3.63) is 54.1 Å². The number of hydrogen-bond acceptors (Lipinski definition) is 5. The second kappa shape index (κ2) is 8.13. The molecule has 0 radical (unpaired) electrons. The zero-order chi connectivity index (χ0) is 20.4. The monoisotopic (exact) mass is 396 g/mol. The molecule has 29 heavy (non-hydrogen) atoms. The molecule has 0 aliphatic carbocycles. The normalized spacial score (nSPS) is 20.4. The number of aromatic hydroxyl groups is 1. The number of phenols is 1. The smallest absolute Gasteiger partial charge is 0.288 e. The Labute approximate surface area is 170 Å². The first-order chi connectivity index (χ1) is 14.1. The fraction of sp³-hybridized carbons (Fsp3) is 0.364. The zero-order valence-electron chi connectivity index (χ0n) is 16.5. The third kappa shape index (κ3) is 3.91. The number of para-hydroxylation sites is 2. The SMILES string of the molecule is COc1ccc(CN2C(=O)C[C@H]([NH+]3CCN(c4ccccc4O)CC3)C2=O)cc1. The topological polar surface area (TPSA) is 74.5 Å². The fourth-order valence-corrected chi connectivity index (χ4v) is 4.20. The van der Waals surface area contributed by atoms with Crippen LogP contribution in [0.1, 0.15) is 12.0 Å². The van der Waals surface area contributed by atoms with E-state index in [4.69, 9.17) is 4.74 Å². The van der Waals surface area contributed by atoms with Gasteiger partial charge in [-0.05, 0) is 29.8 Å². The van der Waals surface area contributed by atoms with Gasteiger partial charge in [-0.15, -0.1) is 0 Å². The molecule has 0 bridgehead atoms. The minimum atomic E-state index is -0.313. The Morgan fingerprint density at radius 1 is 1.07 bits per heavy atom. The molecule has 2 fully saturated rings. The van der Waals surface area contributed by atoms with Crippen LogP contribution in [-0.2, 0) is 16.1 Å². The molecule has 0 unspecified atom stereocenters. The Balaban J connectivity index is 1.38. The van der Waals surface area contributed by atoms with Gasteiger partial charge in [0.15, 0.2) is 6.04 Å². The standard InChI is InChI=1S/C22H25N3O4/c1-29-17-8-6-16(7-9-17)15-25-21(27)14-19(22(25)28)24-12-10-23(11-13-24)18-4-2-3-5-20(18)26/h2-9,19,26H,10-15H2,1H3/p+1/t19-/m0/s1. The molecule has 2 amide bonds. The van der Waals surface area contributed by atoms with E-state index in [1.807, 2.05) is 36.4 Å². The highest BCUT2D eigenvalue weighted by atomic mass is 16.5. The highest BCUT2D eigenvalue weighted by Gasteiger charge is 2.45. The van der Waals surface area contributed by atoms with Gasteiger partial charge in [-0.3, -0.25) is 14.5 Å². The van der Waals surface area contributed by atoms with Crippen LogP contribution in [0.2, 0.25) is 0 Å². The highest BCUT2D eigenvalue weighted by molar-refractivity contribution is 6.04. The predicted molar refractivity (Wildman–Crippen MR) is 108 cm³/mol. The minimum Gasteiger partial charge on any atom is -0.506 e. The minimum absolute atomic E-state index is 0.0863. The lowest BCUT2D eigenvalue weighted by Crippen LogP contribution is -3.19. The molecule has 2 aliphatic heterocycles. The Bertz CT molecular complexity index is 891. The summed E-state index contributed by atoms with van der Waals surface area (Å²) in [6, 6.07) is 14.4. The van der Waals surface area contributed by atoms with E-state index in [0.717, 1.165) is 48.1 Å². The summed E-state index contributed by atoms with van der Waals surface area (Å²) >= 11 is 0. The fourth-order valence-electron chi connectivity index (χ4n) is 4.20. The summed E-state index contributed by atoms with van der Waals surface area (Å²) in [5, 5.41) is 10.1. The lowest BCUT2D eigenvalue weighted by Gasteiger charge is -2.35. The lowest BCUT2D eigenvalue weighted by atomic mass is 10.1. The number of anilines is 1. The molecular formula is C22H26N3O4+. The Morgan fingerprint density at radius 3 is 2.41 bits per heavy atom. The van der Waals surface area contributed by atoms with Crippen molar-refractivity contribution in [2.24, 2.45) is 0 Å². The molecule has 7 heteroatoms. The number of carbonyl (C=O) groups excluding carboxylic acids is 2. The molecule has 0 saturated carbocycles. The number of hydrogen-bond donors (Lipinski definition) is 2. The van der Waals surface area contributed by atoms with Crippen LogP contribution >= 0.6 is 0 Å². The van der Waals surface area contributed by atoms with Crippen LogP contribution in [0.4, 0.5) is 5.69 Å². The summed E-state index contributed by atoms with van der Waals surface area (Å²) < 4.78 is 5.16. The van der Waals surface area contributed by atoms with Crippen molar-refractivity contribution in [2.45, 2.75) is 19.0 Å². The van der Waals surface area contributed by atoms with E-state index in [1.165, 1.54) is 4.90 Å². The van der Waals surface area contributed by atoms with Crippen LogP contribution in [0.3, 0.4) is 0 Å². The quantitative estimate of drug-likeness (QED) is 0.718. The van der Waals surface area contributed by atoms with Crippen molar-refractivity contribution in [1.29, 1.82) is 0 Å². The van der Waals surface area contributed by atoms with Crippen molar-refractivity contribution >= 4 is 17.5 Å². The number of benzene rings is 2. The van der Waals surface area contributed by atoms with Gasteiger partial charge in [0.1, 0.15) is 11.5 Å². The van der Waals surface area contributed by atoms with E-state index < -0.39 is 0 Å². The molecular weight excluding hydrogens is 370 g/mol. The summed E-state index contributed by atoms with van der Waals surface area (Å²) in [5.41, 5.74) is 1.73. The summed E-state index contributed by atoms with van der Waals surface area (Å²) in [7, 11) is 1.61. The van der Waals surface area contributed by atoms with E-state index in [9.17, 15) is 14.7 Å². The summed E-state index contributed by atoms with van der Waals surface area (Å²) in [5.74, 6) is 0.828. The predicted octanol–water partition coefficient (Wildman–Crippen LogP) is 0.433. The third-order valence-electron chi connectivity index (χ3n) is 5.86. The summed E-state index contributed by atoms with van der Waals surface area (Å²) in [6.45, 7) is 3.30. The van der Waals surface area contributed by atoms with E-state index in [-0.39, 0.29) is 30.0 Å². The number of nitrogens with zero attached hydrogens (tertiary/aromatic N) is 2. The van der Waals surface area contributed by atoms with E-state index in [2.05, 4.69) is 4.90 Å². The maximum absolute atomic E-state index is 13.0. The first-order valence-corrected chi connectivity index (χ1v) is 9.91. The number of carbonyl (C=O) groups is 2. The molecule has 2 saturated heterocycles. The number of amides is 2. The number of imide groups is 1. The number of phenolic OH excluding ortho intramolecular Hbond substituents is 1. The van der Waals surface area contributed by atoms with Gasteiger partial charge in [0.05, 0.1) is 51.9 Å². The van der Waals surface area contributed by atoms with Gasteiger partial charge < -0.3 is 19.6 Å². The third-order valence-corrected chi connectivity index (χ3v) is 5.86. The Hall–Kier alpha value is -3.06. The van der Waals surface area contributed by atoms with E-state index >= 15 is 0 Å². The molecule has 1 atom stereocenters. The average Bonchev–Trinajstić information content (AvgIpc) is 3.03. The molecule has 2 aromatic rings. The van der Waals surface area contributed by atoms with Crippen molar-refractivity contribution < 1.29 is 24.3 Å². The van der Waals surface area contributed by atoms with Crippen LogP contribution in [0.25, 0.3) is 0 Å². The van der Waals surface area contributed by atoms with E-state index in [0.29, 0.717) is 6.54 Å². The van der Waals surface area contributed by atoms with Crippen LogP contribution in [0.15, 0.2) is 48.5 Å². The molecule has 7 nitrogen and oxygen atoms in total. The van der Waals surface area contributed by atoms with Crippen molar-refractivity contribution in [2.75, 3.05) is 38.2 Å². The van der Waals surface area contributed by atoms with Crippen LogP contribution in [0.5, 0.6) is 11.5 Å².